The van der Waals surface area contributed by atoms with Gasteiger partial charge in [-0.2, -0.15) is 0 Å². The van der Waals surface area contributed by atoms with Crippen LogP contribution in [0.1, 0.15) is 64.5 Å². The molecule has 0 spiro atoms. The minimum absolute atomic E-state index is 0.122. The molecular formula is C27H34N2O3. The number of methoxy groups -OCH3 is 1. The van der Waals surface area contributed by atoms with Gasteiger partial charge in [0.05, 0.1) is 13.2 Å². The van der Waals surface area contributed by atoms with Crippen LogP contribution in [0.4, 0.5) is 0 Å². The summed E-state index contributed by atoms with van der Waals surface area (Å²) in [5.74, 6) is 1.11. The molecule has 1 N–H and O–H groups in total. The standard InChI is InChI=1S/C27H34N2O3/c1-18-15-19(2)25-20(3)26(32-24(25)16-18)27(30)28-17-23(29-13-7-5-6-8-14-29)21-9-11-22(31-4)12-10-21/h9-12,15-16,23H,5-8,13-14,17H2,1-4H3,(H,28,30)/t23-/m1/s1. The molecule has 1 amide bonds. The first-order valence-electron chi connectivity index (χ1n) is 11.6. The van der Waals surface area contributed by atoms with Gasteiger partial charge in [0, 0.05) is 17.5 Å². The molecule has 1 saturated heterocycles. The Balaban J connectivity index is 1.57. The van der Waals surface area contributed by atoms with E-state index in [4.69, 9.17) is 9.15 Å². The molecule has 2 heterocycles. The van der Waals surface area contributed by atoms with Crippen molar-refractivity contribution in [1.82, 2.24) is 10.2 Å². The highest BCUT2D eigenvalue weighted by Crippen LogP contribution is 2.30. The number of aryl methyl sites for hydroxylation is 3. The van der Waals surface area contributed by atoms with Gasteiger partial charge < -0.3 is 14.5 Å². The number of benzene rings is 2. The Hall–Kier alpha value is -2.79. The molecule has 5 heteroatoms. The predicted octanol–water partition coefficient (Wildman–Crippen LogP) is 5.71. The molecule has 3 aromatic rings. The van der Waals surface area contributed by atoms with Crippen molar-refractivity contribution in [2.45, 2.75) is 52.5 Å². The largest absolute Gasteiger partial charge is 0.497 e. The van der Waals surface area contributed by atoms with Crippen molar-refractivity contribution in [3.8, 4) is 5.75 Å². The molecule has 0 aliphatic carbocycles. The minimum atomic E-state index is -0.149. The van der Waals surface area contributed by atoms with Crippen LogP contribution in [0.25, 0.3) is 11.0 Å². The maximum absolute atomic E-state index is 13.2. The van der Waals surface area contributed by atoms with Crippen molar-refractivity contribution >= 4 is 16.9 Å². The molecule has 1 aliphatic rings. The summed E-state index contributed by atoms with van der Waals surface area (Å²) in [5, 5.41) is 4.22. The number of amides is 1. The molecule has 32 heavy (non-hydrogen) atoms. The van der Waals surface area contributed by atoms with Gasteiger partial charge in [-0.05, 0) is 81.6 Å². The summed E-state index contributed by atoms with van der Waals surface area (Å²) in [6.07, 6.45) is 4.94. The van der Waals surface area contributed by atoms with Gasteiger partial charge in [0.25, 0.3) is 5.91 Å². The Morgan fingerprint density at radius 3 is 2.41 bits per heavy atom. The molecular weight excluding hydrogens is 400 g/mol. The maximum atomic E-state index is 13.2. The van der Waals surface area contributed by atoms with Gasteiger partial charge in [0.15, 0.2) is 5.76 Å². The van der Waals surface area contributed by atoms with Crippen LogP contribution >= 0.6 is 0 Å². The van der Waals surface area contributed by atoms with Crippen molar-refractivity contribution in [2.75, 3.05) is 26.7 Å². The van der Waals surface area contributed by atoms with E-state index in [1.54, 1.807) is 7.11 Å². The summed E-state index contributed by atoms with van der Waals surface area (Å²) in [4.78, 5) is 15.7. The summed E-state index contributed by atoms with van der Waals surface area (Å²) >= 11 is 0. The number of carbonyl (C=O) groups is 1. The second kappa shape index (κ2) is 9.78. The SMILES string of the molecule is COc1ccc([C@@H](CNC(=O)c2oc3cc(C)cc(C)c3c2C)N2CCCCCC2)cc1. The number of furan rings is 1. The van der Waals surface area contributed by atoms with Crippen LogP contribution in [0, 0.1) is 20.8 Å². The van der Waals surface area contributed by atoms with Gasteiger partial charge >= 0.3 is 0 Å². The number of fused-ring (bicyclic) bond motifs is 1. The molecule has 0 radical (unpaired) electrons. The zero-order chi connectivity index (χ0) is 22.7. The Morgan fingerprint density at radius 1 is 1.06 bits per heavy atom. The van der Waals surface area contributed by atoms with Crippen molar-refractivity contribution in [2.24, 2.45) is 0 Å². The van der Waals surface area contributed by atoms with Crippen LogP contribution in [-0.4, -0.2) is 37.6 Å². The smallest absolute Gasteiger partial charge is 0.287 e. The van der Waals surface area contributed by atoms with Crippen LogP contribution in [0.15, 0.2) is 40.8 Å². The lowest BCUT2D eigenvalue weighted by molar-refractivity contribution is 0.0907. The third kappa shape index (κ3) is 4.68. The fourth-order valence-electron chi connectivity index (χ4n) is 4.97. The van der Waals surface area contributed by atoms with Crippen LogP contribution in [0.5, 0.6) is 5.75 Å². The number of carbonyl (C=O) groups excluding carboxylic acids is 1. The minimum Gasteiger partial charge on any atom is -0.497 e. The first-order chi connectivity index (χ1) is 15.5. The molecule has 4 rings (SSSR count). The van der Waals surface area contributed by atoms with Crippen molar-refractivity contribution in [1.29, 1.82) is 0 Å². The van der Waals surface area contributed by atoms with Gasteiger partial charge in [0.2, 0.25) is 0 Å². The number of hydrogen-bond acceptors (Lipinski definition) is 4. The van der Waals surface area contributed by atoms with Gasteiger partial charge in [-0.25, -0.2) is 0 Å². The Bertz CT molecular complexity index is 1080. The van der Waals surface area contributed by atoms with E-state index in [1.807, 2.05) is 32.0 Å². The summed E-state index contributed by atoms with van der Waals surface area (Å²) < 4.78 is 11.3. The Morgan fingerprint density at radius 2 is 1.75 bits per heavy atom. The number of rotatable bonds is 6. The molecule has 1 aromatic heterocycles. The first-order valence-corrected chi connectivity index (χ1v) is 11.6. The molecule has 1 atom stereocenters. The topological polar surface area (TPSA) is 54.7 Å². The molecule has 170 valence electrons. The second-order valence-electron chi connectivity index (χ2n) is 8.96. The number of nitrogens with one attached hydrogen (secondary N) is 1. The molecule has 5 nitrogen and oxygen atoms in total. The molecule has 2 aromatic carbocycles. The Labute approximate surface area is 190 Å². The van der Waals surface area contributed by atoms with E-state index < -0.39 is 0 Å². The second-order valence-corrected chi connectivity index (χ2v) is 8.96. The van der Waals surface area contributed by atoms with Crippen LogP contribution in [0.2, 0.25) is 0 Å². The summed E-state index contributed by atoms with van der Waals surface area (Å²) in [7, 11) is 1.68. The lowest BCUT2D eigenvalue weighted by Gasteiger charge is -2.31. The lowest BCUT2D eigenvalue weighted by Crippen LogP contribution is -2.38. The van der Waals surface area contributed by atoms with E-state index in [0.29, 0.717) is 12.3 Å². The van der Waals surface area contributed by atoms with Crippen molar-refractivity contribution in [3.05, 3.63) is 64.4 Å². The maximum Gasteiger partial charge on any atom is 0.287 e. The van der Waals surface area contributed by atoms with E-state index in [2.05, 4.69) is 35.3 Å². The molecule has 0 saturated carbocycles. The third-order valence-corrected chi connectivity index (χ3v) is 6.62. The Kier molecular flexibility index (Phi) is 6.85. The molecule has 0 unspecified atom stereocenters. The third-order valence-electron chi connectivity index (χ3n) is 6.62. The molecule has 1 aliphatic heterocycles. The highest BCUT2D eigenvalue weighted by atomic mass is 16.5. The van der Waals surface area contributed by atoms with E-state index in [-0.39, 0.29) is 11.9 Å². The van der Waals surface area contributed by atoms with E-state index in [0.717, 1.165) is 46.5 Å². The number of ether oxygens (including phenoxy) is 1. The van der Waals surface area contributed by atoms with Gasteiger partial charge in [-0.3, -0.25) is 9.69 Å². The zero-order valence-electron chi connectivity index (χ0n) is 19.7. The molecule has 0 bridgehead atoms. The van der Waals surface area contributed by atoms with Gasteiger partial charge in [-0.1, -0.05) is 31.0 Å². The number of likely N-dealkylation sites (tertiary alicyclic amines) is 1. The van der Waals surface area contributed by atoms with Crippen LogP contribution in [-0.2, 0) is 0 Å². The summed E-state index contributed by atoms with van der Waals surface area (Å²) in [6, 6.07) is 12.5. The van der Waals surface area contributed by atoms with Crippen molar-refractivity contribution in [3.63, 3.8) is 0 Å². The van der Waals surface area contributed by atoms with Gasteiger partial charge in [0.1, 0.15) is 11.3 Å². The van der Waals surface area contributed by atoms with Crippen LogP contribution in [0.3, 0.4) is 0 Å². The first kappa shape index (κ1) is 22.4. The van der Waals surface area contributed by atoms with Crippen molar-refractivity contribution < 1.29 is 13.9 Å². The summed E-state index contributed by atoms with van der Waals surface area (Å²) in [5.41, 5.74) is 5.16. The lowest BCUT2D eigenvalue weighted by atomic mass is 10.0. The number of nitrogens with zero attached hydrogens (tertiary/aromatic N) is 1. The van der Waals surface area contributed by atoms with Gasteiger partial charge in [-0.15, -0.1) is 0 Å². The fraction of sp³-hybridized carbons (Fsp3) is 0.444. The number of hydrogen-bond donors (Lipinski definition) is 1. The monoisotopic (exact) mass is 434 g/mol. The van der Waals surface area contributed by atoms with E-state index in [1.165, 1.54) is 31.2 Å². The highest BCUT2D eigenvalue weighted by Gasteiger charge is 2.24. The average Bonchev–Trinajstić information content (AvgIpc) is 2.94. The predicted molar refractivity (Wildman–Crippen MR) is 129 cm³/mol. The molecule has 1 fully saturated rings. The fourth-order valence-corrected chi connectivity index (χ4v) is 4.97. The zero-order valence-corrected chi connectivity index (χ0v) is 19.7. The normalized spacial score (nSPS) is 16.0. The van der Waals surface area contributed by atoms with E-state index in [9.17, 15) is 4.79 Å². The van der Waals surface area contributed by atoms with E-state index >= 15 is 0 Å². The van der Waals surface area contributed by atoms with Crippen LogP contribution < -0.4 is 10.1 Å². The highest BCUT2D eigenvalue weighted by molar-refractivity contribution is 6.00. The quantitative estimate of drug-likeness (QED) is 0.540. The summed E-state index contributed by atoms with van der Waals surface area (Å²) in [6.45, 7) is 8.73. The average molecular weight is 435 g/mol.